The number of hydrogen-bond donors (Lipinski definition) is 2. The molecule has 0 saturated heterocycles. The Hall–Kier alpha value is -1.20. The third-order valence-corrected chi connectivity index (χ3v) is 19.1. The average molecular weight is 653 g/mol. The molecule has 0 rings (SSSR count). The quantitative estimate of drug-likeness (QED) is 0.0875. The molecule has 1 amide bonds. The predicted octanol–water partition coefficient (Wildman–Crippen LogP) is 9.71. The fourth-order valence-electron chi connectivity index (χ4n) is 5.57. The maximum absolute atomic E-state index is 12.1. The summed E-state index contributed by atoms with van der Waals surface area (Å²) in [7, 11) is -2.11. The third-order valence-electron chi connectivity index (χ3n) is 10.2. The van der Waals surface area contributed by atoms with Crippen LogP contribution in [0.4, 0.5) is 4.79 Å². The van der Waals surface area contributed by atoms with Crippen molar-refractivity contribution < 1.29 is 18.4 Å². The maximum atomic E-state index is 12.1. The number of primary amides is 1. The average Bonchev–Trinajstić information content (AvgIpc) is 2.85. The monoisotopic (exact) mass is 653 g/mol. The van der Waals surface area contributed by atoms with Crippen molar-refractivity contribution >= 4 is 22.7 Å². The van der Waals surface area contributed by atoms with Gasteiger partial charge in [-0.05, 0) is 81.0 Å². The van der Waals surface area contributed by atoms with Gasteiger partial charge in [-0.3, -0.25) is 0 Å². The number of amides is 1. The molecule has 0 heterocycles. The third kappa shape index (κ3) is 13.3. The van der Waals surface area contributed by atoms with Gasteiger partial charge in [0.15, 0.2) is 16.6 Å². The maximum Gasteiger partial charge on any atom is 0.404 e. The fraction of sp³-hybridized carbons (Fsp3) is 0.806. The van der Waals surface area contributed by atoms with Crippen LogP contribution in [0.5, 0.6) is 0 Å². The summed E-state index contributed by atoms with van der Waals surface area (Å²) in [6, 6.07) is 0. The zero-order valence-electron chi connectivity index (χ0n) is 31.8. The molecule has 0 bridgehead atoms. The molecule has 0 aliphatic rings. The smallest absolute Gasteiger partial charge is 0.404 e. The minimum atomic E-state index is -2.16. The Bertz CT molecular complexity index is 949. The van der Waals surface area contributed by atoms with E-state index in [9.17, 15) is 4.79 Å². The van der Waals surface area contributed by atoms with Gasteiger partial charge in [0.2, 0.25) is 0 Å². The highest BCUT2D eigenvalue weighted by Crippen LogP contribution is 2.42. The highest BCUT2D eigenvalue weighted by molar-refractivity contribution is 6.74. The van der Waals surface area contributed by atoms with Gasteiger partial charge < -0.3 is 24.6 Å². The lowest BCUT2D eigenvalue weighted by Crippen LogP contribution is -2.50. The van der Waals surface area contributed by atoms with Crippen LogP contribution in [-0.4, -0.2) is 54.6 Å². The van der Waals surface area contributed by atoms with Gasteiger partial charge in [0.1, 0.15) is 6.10 Å². The van der Waals surface area contributed by atoms with Gasteiger partial charge in [-0.25, -0.2) is 4.79 Å². The van der Waals surface area contributed by atoms with Gasteiger partial charge in [-0.15, -0.1) is 0 Å². The van der Waals surface area contributed by atoms with Crippen LogP contribution >= 0.6 is 0 Å². The molecule has 0 aromatic rings. The largest absolute Gasteiger partial charge is 0.445 e. The minimum absolute atomic E-state index is 0.0379. The van der Waals surface area contributed by atoms with E-state index in [4.69, 9.17) is 19.3 Å². The van der Waals surface area contributed by atoms with Crippen molar-refractivity contribution in [3.05, 3.63) is 36.5 Å². The first-order valence-corrected chi connectivity index (χ1v) is 22.6. The molecule has 0 aromatic carbocycles. The summed E-state index contributed by atoms with van der Waals surface area (Å²) < 4.78 is 20.0. The molecule has 3 N–H and O–H groups in total. The summed E-state index contributed by atoms with van der Waals surface area (Å²) in [6.07, 6.45) is 7.77. The van der Waals surface area contributed by atoms with E-state index in [1.54, 1.807) is 6.08 Å². The zero-order chi connectivity index (χ0) is 34.8. The van der Waals surface area contributed by atoms with Crippen LogP contribution in [0.1, 0.15) is 89.5 Å². The van der Waals surface area contributed by atoms with Gasteiger partial charge in [0.25, 0.3) is 0 Å². The summed E-state index contributed by atoms with van der Waals surface area (Å²) >= 11 is 0. The van der Waals surface area contributed by atoms with Gasteiger partial charge in [-0.2, -0.15) is 0 Å². The Morgan fingerprint density at radius 3 is 1.73 bits per heavy atom. The first-order valence-electron chi connectivity index (χ1n) is 16.8. The first kappa shape index (κ1) is 42.8. The van der Waals surface area contributed by atoms with E-state index in [0.717, 1.165) is 13.0 Å². The minimum Gasteiger partial charge on any atom is -0.445 e. The van der Waals surface area contributed by atoms with Crippen molar-refractivity contribution in [2.45, 2.75) is 144 Å². The molecule has 0 aromatic heterocycles. The summed E-state index contributed by atoms with van der Waals surface area (Å²) in [6.45, 7) is 41.0. The van der Waals surface area contributed by atoms with Gasteiger partial charge >= 0.3 is 6.09 Å². The van der Waals surface area contributed by atoms with Crippen LogP contribution < -0.4 is 11.1 Å². The molecule has 6 nitrogen and oxygen atoms in total. The zero-order valence-corrected chi connectivity index (χ0v) is 33.8. The van der Waals surface area contributed by atoms with E-state index in [-0.39, 0.29) is 46.0 Å². The number of nitrogens with one attached hydrogen (secondary N) is 1. The second kappa shape index (κ2) is 17.6. The summed E-state index contributed by atoms with van der Waals surface area (Å²) in [5.74, 6) is 0.689. The molecular weight excluding hydrogens is 581 g/mol. The first-order chi connectivity index (χ1) is 19.8. The Labute approximate surface area is 275 Å². The van der Waals surface area contributed by atoms with Crippen molar-refractivity contribution in [3.8, 4) is 0 Å². The molecule has 44 heavy (non-hydrogen) atoms. The van der Waals surface area contributed by atoms with Crippen molar-refractivity contribution in [2.75, 3.05) is 13.6 Å². The van der Waals surface area contributed by atoms with E-state index >= 15 is 0 Å². The lowest BCUT2D eigenvalue weighted by molar-refractivity contribution is -0.0207. The van der Waals surface area contributed by atoms with Crippen molar-refractivity contribution in [1.82, 2.24) is 5.32 Å². The van der Waals surface area contributed by atoms with E-state index in [0.29, 0.717) is 5.92 Å². The van der Waals surface area contributed by atoms with E-state index in [1.165, 1.54) is 5.57 Å². The molecule has 0 spiro atoms. The molecule has 258 valence electrons. The molecule has 4 unspecified atom stereocenters. The number of carbonyl (C=O) groups is 1. The lowest BCUT2D eigenvalue weighted by Gasteiger charge is -2.45. The number of ether oxygens (including phenoxy) is 1. The van der Waals surface area contributed by atoms with Crippen LogP contribution in [-0.2, 0) is 13.6 Å². The Kier molecular flexibility index (Phi) is 17.2. The Balaban J connectivity index is 6.52. The normalized spacial score (nSPS) is 19.5. The van der Waals surface area contributed by atoms with Crippen LogP contribution in [0.15, 0.2) is 36.5 Å². The van der Waals surface area contributed by atoms with Crippen molar-refractivity contribution in [2.24, 2.45) is 35.3 Å². The molecule has 0 fully saturated rings. The predicted molar refractivity (Wildman–Crippen MR) is 196 cm³/mol. The SMILES string of the molecule is C=C/C=C\[C@H](C)C(OC(N)=O)C(C)C(O[Si](C)(C)C(C)(C)C)C(C)C/C(C)=C\[C@H](C)[C@@H](O[Si](C)(C)C(C)(C)C)[C@@H](C)CNC. The second-order valence-corrected chi connectivity index (χ2v) is 26.0. The van der Waals surface area contributed by atoms with Crippen LogP contribution in [0.25, 0.3) is 0 Å². The van der Waals surface area contributed by atoms with E-state index in [2.05, 4.69) is 127 Å². The summed E-state index contributed by atoms with van der Waals surface area (Å²) in [5, 5.41) is 3.55. The van der Waals surface area contributed by atoms with E-state index < -0.39 is 28.8 Å². The van der Waals surface area contributed by atoms with Crippen molar-refractivity contribution in [1.29, 1.82) is 0 Å². The van der Waals surface area contributed by atoms with Gasteiger partial charge in [0.05, 0.1) is 12.2 Å². The molecule has 0 saturated carbocycles. The molecule has 0 aliphatic carbocycles. The molecular formula is C36H72N2O4Si2. The van der Waals surface area contributed by atoms with Gasteiger partial charge in [0, 0.05) is 11.8 Å². The number of hydrogen-bond acceptors (Lipinski definition) is 5. The lowest BCUT2D eigenvalue weighted by atomic mass is 9.81. The molecule has 8 atom stereocenters. The summed E-state index contributed by atoms with van der Waals surface area (Å²) in [5.41, 5.74) is 6.92. The van der Waals surface area contributed by atoms with Crippen LogP contribution in [0, 0.1) is 29.6 Å². The number of allylic oxidation sites excluding steroid dienone is 3. The highest BCUT2D eigenvalue weighted by atomic mass is 28.4. The fourth-order valence-corrected chi connectivity index (χ4v) is 8.53. The topological polar surface area (TPSA) is 82.8 Å². The number of carbonyl (C=O) groups excluding carboxylic acids is 1. The Morgan fingerprint density at radius 1 is 0.841 bits per heavy atom. The highest BCUT2D eigenvalue weighted by Gasteiger charge is 2.44. The molecule has 8 heteroatoms. The molecule has 0 aliphatic heterocycles. The molecule has 0 radical (unpaired) electrons. The van der Waals surface area contributed by atoms with Gasteiger partial charge in [-0.1, -0.05) is 113 Å². The Morgan fingerprint density at radius 2 is 1.32 bits per heavy atom. The summed E-state index contributed by atoms with van der Waals surface area (Å²) in [4.78, 5) is 12.1. The van der Waals surface area contributed by atoms with Crippen LogP contribution in [0.3, 0.4) is 0 Å². The van der Waals surface area contributed by atoms with Crippen molar-refractivity contribution in [3.63, 3.8) is 0 Å². The number of nitrogens with two attached hydrogens (primary N) is 1. The second-order valence-electron chi connectivity index (χ2n) is 16.5. The number of rotatable bonds is 18. The van der Waals surface area contributed by atoms with Crippen LogP contribution in [0.2, 0.25) is 36.3 Å². The van der Waals surface area contributed by atoms with E-state index in [1.807, 2.05) is 19.2 Å². The standard InChI is InChI=1S/C36H72N2O4Si2/c1-19-20-21-26(3)32(40-34(37)39)30(7)33(42-44(17,18)36(11,12)13)28(5)23-25(2)22-27(4)31(29(6)24-38-14)41-43(15,16)35(8,9)10/h19-22,26-33,38H,1,23-24H2,2-18H3,(H2,37,39)/b21-20-,25-22-/t26-,27-,28?,29-,30?,31+,32?,33?/m0/s1.